The fourth-order valence-electron chi connectivity index (χ4n) is 4.22. The maximum Gasteiger partial charge on any atom is 0.410 e. The lowest BCUT2D eigenvalue weighted by Crippen LogP contribution is -2.41. The first kappa shape index (κ1) is 30.9. The van der Waals surface area contributed by atoms with Crippen molar-refractivity contribution in [2.45, 2.75) is 66.0 Å². The summed E-state index contributed by atoms with van der Waals surface area (Å²) >= 11 is 2.93. The highest BCUT2D eigenvalue weighted by molar-refractivity contribution is 7.23. The molecule has 214 valence electrons. The molecule has 11 heteroatoms. The van der Waals surface area contributed by atoms with Gasteiger partial charge in [0, 0.05) is 49.7 Å². The average Bonchev–Trinajstić information content (AvgIpc) is 3.45. The molecule has 0 spiro atoms. The highest BCUT2D eigenvalue weighted by Gasteiger charge is 2.36. The number of thiazole rings is 1. The Morgan fingerprint density at radius 1 is 1.21 bits per heavy atom. The number of thiophene rings is 1. The van der Waals surface area contributed by atoms with Crippen LogP contribution in [0.4, 0.5) is 14.2 Å². The first-order valence-corrected chi connectivity index (χ1v) is 14.9. The van der Waals surface area contributed by atoms with Crippen LogP contribution in [0.3, 0.4) is 0 Å². The summed E-state index contributed by atoms with van der Waals surface area (Å²) in [5.74, 6) is -0.457. The molecule has 1 unspecified atom stereocenters. The number of aromatic nitrogens is 1. The smallest absolute Gasteiger partial charge is 0.410 e. The van der Waals surface area contributed by atoms with E-state index in [0.717, 1.165) is 25.7 Å². The lowest BCUT2D eigenvalue weighted by Gasteiger charge is -2.35. The van der Waals surface area contributed by atoms with Gasteiger partial charge in [-0.15, -0.1) is 22.7 Å². The van der Waals surface area contributed by atoms with Gasteiger partial charge in [-0.3, -0.25) is 4.79 Å². The highest BCUT2D eigenvalue weighted by atomic mass is 32.1. The number of hydrogen-bond acceptors (Lipinski definition) is 8. The maximum atomic E-state index is 13.8. The maximum absolute atomic E-state index is 13.8. The number of amides is 2. The molecule has 1 aliphatic heterocycles. The van der Waals surface area contributed by atoms with Gasteiger partial charge in [0.2, 0.25) is 5.91 Å². The third kappa shape index (κ3) is 7.75. The van der Waals surface area contributed by atoms with Crippen molar-refractivity contribution in [3.05, 3.63) is 34.5 Å². The zero-order valence-corrected chi connectivity index (χ0v) is 25.4. The molecule has 0 radical (unpaired) electrons. The van der Waals surface area contributed by atoms with E-state index in [1.54, 1.807) is 18.1 Å². The number of fused-ring (bicyclic) bond motifs is 2. The summed E-state index contributed by atoms with van der Waals surface area (Å²) in [6.45, 7) is 13.8. The van der Waals surface area contributed by atoms with Crippen molar-refractivity contribution < 1.29 is 23.5 Å². The Morgan fingerprint density at radius 2 is 1.95 bits per heavy atom. The molecule has 2 aromatic heterocycles. The Hall–Kier alpha value is -2.60. The predicted molar refractivity (Wildman–Crippen MR) is 157 cm³/mol. The number of ether oxygens (including phenoxy) is 2. The van der Waals surface area contributed by atoms with Gasteiger partial charge in [-0.1, -0.05) is 13.8 Å². The van der Waals surface area contributed by atoms with Crippen molar-refractivity contribution in [2.75, 3.05) is 38.7 Å². The molecule has 3 heterocycles. The van der Waals surface area contributed by atoms with Crippen molar-refractivity contribution in [3.63, 3.8) is 0 Å². The fourth-order valence-corrected chi connectivity index (χ4v) is 6.64. The normalized spacial score (nSPS) is 15.0. The number of methoxy groups -OCH3 is 1. The number of nitrogens with one attached hydrogen (secondary N) is 2. The van der Waals surface area contributed by atoms with Gasteiger partial charge in [0.05, 0.1) is 22.9 Å². The molecule has 1 aromatic carbocycles. The number of rotatable bonds is 8. The molecule has 1 atom stereocenters. The number of anilines is 1. The van der Waals surface area contributed by atoms with E-state index in [2.05, 4.69) is 10.6 Å². The van der Waals surface area contributed by atoms with Crippen molar-refractivity contribution in [3.8, 4) is 10.6 Å². The van der Waals surface area contributed by atoms with Crippen LogP contribution in [-0.2, 0) is 20.7 Å². The number of nitrogens with zero attached hydrogens (tertiary/aromatic N) is 2. The minimum atomic E-state index is -0.593. The summed E-state index contributed by atoms with van der Waals surface area (Å²) in [7, 11) is 1.63. The van der Waals surface area contributed by atoms with Crippen LogP contribution in [0.5, 0.6) is 0 Å². The number of hydrogen-bond donors (Lipinski definition) is 2. The Kier molecular flexibility index (Phi) is 10.8. The van der Waals surface area contributed by atoms with Gasteiger partial charge in [-0.2, -0.15) is 0 Å². The molecule has 0 bridgehead atoms. The van der Waals surface area contributed by atoms with E-state index < -0.39 is 5.60 Å². The summed E-state index contributed by atoms with van der Waals surface area (Å²) in [6.07, 6.45) is 0.545. The van der Waals surface area contributed by atoms with Gasteiger partial charge < -0.3 is 25.0 Å². The second-order valence-corrected chi connectivity index (χ2v) is 12.0. The van der Waals surface area contributed by atoms with E-state index in [4.69, 9.17) is 14.5 Å². The SMILES string of the molecule is CC.COCCNCCC(=O)Nc1sc2c(c1-c1nc3cc(F)ccc3s1)CCN(C(=O)OC(C)(C)C)C2C. The van der Waals surface area contributed by atoms with Crippen LogP contribution in [0.2, 0.25) is 0 Å². The lowest BCUT2D eigenvalue weighted by atomic mass is 9.98. The van der Waals surface area contributed by atoms with E-state index >= 15 is 0 Å². The Morgan fingerprint density at radius 3 is 2.64 bits per heavy atom. The van der Waals surface area contributed by atoms with E-state index in [-0.39, 0.29) is 23.9 Å². The summed E-state index contributed by atoms with van der Waals surface area (Å²) in [5, 5.41) is 7.69. The van der Waals surface area contributed by atoms with Gasteiger partial charge in [0.15, 0.2) is 0 Å². The Balaban J connectivity index is 0.00000205. The third-order valence-electron chi connectivity index (χ3n) is 5.94. The molecular weight excluding hydrogens is 539 g/mol. The quantitative estimate of drug-likeness (QED) is 0.292. The zero-order chi connectivity index (χ0) is 28.7. The largest absolute Gasteiger partial charge is 0.444 e. The molecule has 0 saturated carbocycles. The summed E-state index contributed by atoms with van der Waals surface area (Å²) in [4.78, 5) is 33.2. The van der Waals surface area contributed by atoms with Crippen LogP contribution in [0.25, 0.3) is 20.8 Å². The van der Waals surface area contributed by atoms with E-state index in [1.807, 2.05) is 41.5 Å². The summed E-state index contributed by atoms with van der Waals surface area (Å²) in [6, 6.07) is 4.34. The van der Waals surface area contributed by atoms with Crippen molar-refractivity contribution >= 4 is 49.9 Å². The molecular formula is C28H39FN4O4S2. The first-order chi connectivity index (χ1) is 18.6. The van der Waals surface area contributed by atoms with Gasteiger partial charge in [-0.25, -0.2) is 14.2 Å². The molecule has 0 fully saturated rings. The first-order valence-electron chi connectivity index (χ1n) is 13.3. The standard InChI is InChI=1S/C26H33FN4O4S2.C2H6/c1-15-22-17(9-12-31(15)25(33)35-26(2,3)4)21(23-29-18-14-16(27)6-7-19(18)36-23)24(37-22)30-20(32)8-10-28-11-13-34-5;1-2/h6-7,14-15,28H,8-13H2,1-5H3,(H,30,32);1-2H3. The molecule has 2 amide bonds. The van der Waals surface area contributed by atoms with E-state index in [1.165, 1.54) is 34.8 Å². The van der Waals surface area contributed by atoms with Gasteiger partial charge in [0.1, 0.15) is 21.4 Å². The Labute approximate surface area is 237 Å². The van der Waals surface area contributed by atoms with Crippen molar-refractivity contribution in [1.82, 2.24) is 15.2 Å². The Bertz CT molecular complexity index is 1280. The zero-order valence-electron chi connectivity index (χ0n) is 23.8. The van der Waals surface area contributed by atoms with Crippen LogP contribution >= 0.6 is 22.7 Å². The predicted octanol–water partition coefficient (Wildman–Crippen LogP) is 6.61. The van der Waals surface area contributed by atoms with Gasteiger partial charge in [-0.05, 0) is 51.8 Å². The second kappa shape index (κ2) is 13.6. The number of benzene rings is 1. The van der Waals surface area contributed by atoms with Crippen molar-refractivity contribution in [1.29, 1.82) is 0 Å². The van der Waals surface area contributed by atoms with Crippen LogP contribution in [0.15, 0.2) is 18.2 Å². The van der Waals surface area contributed by atoms with Crippen LogP contribution in [0, 0.1) is 5.82 Å². The molecule has 3 aromatic rings. The lowest BCUT2D eigenvalue weighted by molar-refractivity contribution is -0.116. The van der Waals surface area contributed by atoms with E-state index in [0.29, 0.717) is 49.6 Å². The van der Waals surface area contributed by atoms with Crippen LogP contribution in [0.1, 0.15) is 64.4 Å². The number of carbonyl (C=O) groups is 2. The van der Waals surface area contributed by atoms with Gasteiger partial charge in [0.25, 0.3) is 0 Å². The van der Waals surface area contributed by atoms with Crippen LogP contribution in [-0.4, -0.2) is 60.8 Å². The molecule has 1 aliphatic rings. The number of carbonyl (C=O) groups excluding carboxylic acids is 2. The second-order valence-electron chi connectivity index (χ2n) is 9.92. The topological polar surface area (TPSA) is 92.8 Å². The van der Waals surface area contributed by atoms with Crippen molar-refractivity contribution in [2.24, 2.45) is 0 Å². The monoisotopic (exact) mass is 578 g/mol. The van der Waals surface area contributed by atoms with Gasteiger partial charge >= 0.3 is 6.09 Å². The molecule has 0 saturated heterocycles. The van der Waals surface area contributed by atoms with E-state index in [9.17, 15) is 14.0 Å². The molecule has 39 heavy (non-hydrogen) atoms. The summed E-state index contributed by atoms with van der Waals surface area (Å²) in [5.41, 5.74) is 1.91. The molecule has 2 N–H and O–H groups in total. The molecule has 4 rings (SSSR count). The van der Waals surface area contributed by atoms with Crippen LogP contribution < -0.4 is 10.6 Å². The minimum absolute atomic E-state index is 0.117. The highest BCUT2D eigenvalue weighted by Crippen LogP contribution is 2.48. The fraction of sp³-hybridized carbons (Fsp3) is 0.536. The molecule has 8 nitrogen and oxygen atoms in total. The summed E-state index contributed by atoms with van der Waals surface area (Å²) < 4.78 is 25.4. The minimum Gasteiger partial charge on any atom is -0.444 e. The molecule has 0 aliphatic carbocycles. The average molecular weight is 579 g/mol. The third-order valence-corrected chi connectivity index (χ3v) is 8.32. The number of halogens is 1.